The Labute approximate surface area is 186 Å². The van der Waals surface area contributed by atoms with Crippen LogP contribution in [-0.2, 0) is 6.54 Å². The summed E-state index contributed by atoms with van der Waals surface area (Å²) in [6.07, 6.45) is 0. The van der Waals surface area contributed by atoms with E-state index in [0.717, 1.165) is 17.7 Å². The number of nitrogens with one attached hydrogen (secondary N) is 1. The van der Waals surface area contributed by atoms with Crippen molar-refractivity contribution in [2.75, 3.05) is 19.4 Å². The van der Waals surface area contributed by atoms with Crippen LogP contribution < -0.4 is 5.32 Å². The lowest BCUT2D eigenvalue weighted by atomic mass is 9.77. The number of carbonyl (C=O) groups is 2. The van der Waals surface area contributed by atoms with E-state index in [-0.39, 0.29) is 23.0 Å². The summed E-state index contributed by atoms with van der Waals surface area (Å²) in [5.74, 6) is -1.91. The van der Waals surface area contributed by atoms with Gasteiger partial charge in [0.2, 0.25) is 0 Å². The lowest BCUT2D eigenvalue weighted by Gasteiger charge is -2.35. The highest BCUT2D eigenvalue weighted by Gasteiger charge is 2.39. The molecule has 0 spiro atoms. The lowest BCUT2D eigenvalue weighted by Crippen LogP contribution is -2.33. The Morgan fingerprint density at radius 1 is 1.00 bits per heavy atom. The molecule has 6 heteroatoms. The van der Waals surface area contributed by atoms with Gasteiger partial charge in [0.15, 0.2) is 5.78 Å². The number of hydrogen-bond donors (Lipinski definition) is 2. The van der Waals surface area contributed by atoms with E-state index in [9.17, 15) is 14.7 Å². The first kappa shape index (κ1) is 21.1. The Morgan fingerprint density at radius 2 is 1.65 bits per heavy atom. The van der Waals surface area contributed by atoms with Crippen LogP contribution in [0.1, 0.15) is 49.4 Å². The van der Waals surface area contributed by atoms with Crippen LogP contribution in [0.25, 0.3) is 0 Å². The van der Waals surface area contributed by atoms with Crippen LogP contribution in [0.4, 0.5) is 5.69 Å². The van der Waals surface area contributed by atoms with Crippen LogP contribution in [0, 0.1) is 0 Å². The van der Waals surface area contributed by atoms with E-state index >= 15 is 0 Å². The molecule has 1 aliphatic rings. The number of Topliss-reactive ketones (excluding diaryl/α,β-unsaturated/α-hetero) is 1. The minimum absolute atomic E-state index is 0.00810. The third-order valence-corrected chi connectivity index (χ3v) is 5.79. The average molecular weight is 435 g/mol. The van der Waals surface area contributed by atoms with Gasteiger partial charge < -0.3 is 15.3 Å². The summed E-state index contributed by atoms with van der Waals surface area (Å²) in [6.45, 7) is 0.822. The van der Waals surface area contributed by atoms with E-state index in [1.54, 1.807) is 24.3 Å². The maximum absolute atomic E-state index is 13.7. The van der Waals surface area contributed by atoms with Crippen molar-refractivity contribution in [3.8, 4) is 0 Å². The summed E-state index contributed by atoms with van der Waals surface area (Å²) < 4.78 is 0. The van der Waals surface area contributed by atoms with E-state index in [0.29, 0.717) is 10.7 Å². The zero-order valence-electron chi connectivity index (χ0n) is 17.3. The smallest absolute Gasteiger partial charge is 0.336 e. The summed E-state index contributed by atoms with van der Waals surface area (Å²) in [5, 5.41) is 13.7. The number of fused-ring (bicyclic) bond motifs is 1. The Morgan fingerprint density at radius 3 is 2.26 bits per heavy atom. The highest BCUT2D eigenvalue weighted by molar-refractivity contribution is 6.30. The molecule has 0 aromatic heterocycles. The molecule has 2 atom stereocenters. The van der Waals surface area contributed by atoms with Crippen LogP contribution in [0.15, 0.2) is 66.7 Å². The predicted octanol–water partition coefficient (Wildman–Crippen LogP) is 5.23. The van der Waals surface area contributed by atoms with E-state index in [1.807, 2.05) is 38.4 Å². The average Bonchev–Trinajstić information content (AvgIpc) is 2.74. The van der Waals surface area contributed by atoms with E-state index in [2.05, 4.69) is 22.3 Å². The largest absolute Gasteiger partial charge is 0.478 e. The number of halogens is 1. The number of aromatic carboxylic acids is 1. The molecule has 4 rings (SSSR count). The number of carbonyl (C=O) groups excluding carboxylic acids is 1. The number of hydrogen-bond acceptors (Lipinski definition) is 4. The van der Waals surface area contributed by atoms with Crippen LogP contribution in [0.5, 0.6) is 0 Å². The van der Waals surface area contributed by atoms with Crippen molar-refractivity contribution in [1.82, 2.24) is 4.90 Å². The first-order chi connectivity index (χ1) is 14.8. The van der Waals surface area contributed by atoms with Crippen molar-refractivity contribution < 1.29 is 14.7 Å². The fraction of sp³-hybridized carbons (Fsp3) is 0.200. The molecule has 0 radical (unpaired) electrons. The number of rotatable bonds is 5. The summed E-state index contributed by atoms with van der Waals surface area (Å²) in [6, 6.07) is 19.9. The van der Waals surface area contributed by atoms with Gasteiger partial charge in [-0.25, -0.2) is 4.79 Å². The number of ketones is 1. The predicted molar refractivity (Wildman–Crippen MR) is 122 cm³/mol. The van der Waals surface area contributed by atoms with Gasteiger partial charge >= 0.3 is 5.97 Å². The highest BCUT2D eigenvalue weighted by Crippen LogP contribution is 2.43. The SMILES string of the molecule is CN(C)Cc1ccc(C2Nc3cccc(C(=O)O)c3C(=O)C2c2ccc(Cl)cc2)cc1. The van der Waals surface area contributed by atoms with Crippen molar-refractivity contribution in [3.63, 3.8) is 0 Å². The summed E-state index contributed by atoms with van der Waals surface area (Å²) in [4.78, 5) is 27.6. The summed E-state index contributed by atoms with van der Waals surface area (Å²) in [7, 11) is 4.03. The fourth-order valence-corrected chi connectivity index (χ4v) is 4.29. The molecule has 3 aromatic carbocycles. The van der Waals surface area contributed by atoms with Gasteiger partial charge in [-0.2, -0.15) is 0 Å². The second-order valence-corrected chi connectivity index (χ2v) is 8.46. The van der Waals surface area contributed by atoms with Gasteiger partial charge in [-0.05, 0) is 55.1 Å². The normalized spacial score (nSPS) is 17.9. The molecule has 0 aliphatic carbocycles. The van der Waals surface area contributed by atoms with E-state index in [1.165, 1.54) is 11.6 Å². The van der Waals surface area contributed by atoms with Gasteiger partial charge in [0.25, 0.3) is 0 Å². The molecule has 0 saturated heterocycles. The van der Waals surface area contributed by atoms with Gasteiger partial charge in [0.1, 0.15) is 0 Å². The second kappa shape index (κ2) is 8.53. The molecular formula is C25H23ClN2O3. The van der Waals surface area contributed by atoms with Crippen LogP contribution in [-0.4, -0.2) is 35.9 Å². The number of carboxylic acid groups (broad SMARTS) is 1. The van der Waals surface area contributed by atoms with Gasteiger partial charge in [0, 0.05) is 17.3 Å². The monoisotopic (exact) mass is 434 g/mol. The molecule has 5 nitrogen and oxygen atoms in total. The number of nitrogens with zero attached hydrogens (tertiary/aromatic N) is 1. The Balaban J connectivity index is 1.82. The van der Waals surface area contributed by atoms with Crippen molar-refractivity contribution in [1.29, 1.82) is 0 Å². The molecule has 1 heterocycles. The Bertz CT molecular complexity index is 1120. The molecule has 0 saturated carbocycles. The summed E-state index contributed by atoms with van der Waals surface area (Å²) >= 11 is 6.06. The van der Waals surface area contributed by atoms with Gasteiger partial charge in [-0.3, -0.25) is 4.79 Å². The molecule has 0 fully saturated rings. The highest BCUT2D eigenvalue weighted by atomic mass is 35.5. The third-order valence-electron chi connectivity index (χ3n) is 5.53. The van der Waals surface area contributed by atoms with Crippen LogP contribution in [0.3, 0.4) is 0 Å². The number of benzene rings is 3. The van der Waals surface area contributed by atoms with Crippen molar-refractivity contribution in [2.45, 2.75) is 18.5 Å². The molecule has 0 amide bonds. The van der Waals surface area contributed by atoms with Gasteiger partial charge in [-0.1, -0.05) is 54.1 Å². The van der Waals surface area contributed by atoms with Crippen LogP contribution in [0.2, 0.25) is 5.02 Å². The Hall–Kier alpha value is -3.15. The first-order valence-corrected chi connectivity index (χ1v) is 10.4. The molecule has 0 bridgehead atoms. The molecule has 2 N–H and O–H groups in total. The van der Waals surface area contributed by atoms with E-state index < -0.39 is 11.9 Å². The zero-order valence-corrected chi connectivity index (χ0v) is 18.1. The van der Waals surface area contributed by atoms with Crippen molar-refractivity contribution >= 4 is 29.0 Å². The first-order valence-electron chi connectivity index (χ1n) is 10.0. The molecule has 31 heavy (non-hydrogen) atoms. The quantitative estimate of drug-likeness (QED) is 0.575. The minimum Gasteiger partial charge on any atom is -0.478 e. The van der Waals surface area contributed by atoms with Crippen LogP contribution >= 0.6 is 11.6 Å². The maximum Gasteiger partial charge on any atom is 0.336 e. The summed E-state index contributed by atoms with van der Waals surface area (Å²) in [5.41, 5.74) is 3.69. The molecule has 3 aromatic rings. The molecule has 2 unspecified atom stereocenters. The third kappa shape index (κ3) is 4.20. The second-order valence-electron chi connectivity index (χ2n) is 8.03. The number of carboxylic acids is 1. The van der Waals surface area contributed by atoms with Gasteiger partial charge in [0.05, 0.1) is 23.1 Å². The molecule has 1 aliphatic heterocycles. The number of anilines is 1. The fourth-order valence-electron chi connectivity index (χ4n) is 4.16. The lowest BCUT2D eigenvalue weighted by molar-refractivity contribution is 0.0690. The van der Waals surface area contributed by atoms with E-state index in [4.69, 9.17) is 11.6 Å². The van der Waals surface area contributed by atoms with Crippen molar-refractivity contribution in [3.05, 3.63) is 99.6 Å². The van der Waals surface area contributed by atoms with Gasteiger partial charge in [-0.15, -0.1) is 0 Å². The standard InChI is InChI=1S/C25H23ClN2O3/c1-28(2)14-15-6-8-17(9-7-15)23-21(16-10-12-18(26)13-11-16)24(29)22-19(25(30)31)4-3-5-20(22)27-23/h3-13,21,23,27H,14H2,1-2H3,(H,30,31). The molecular weight excluding hydrogens is 412 g/mol. The zero-order chi connectivity index (χ0) is 22.1. The van der Waals surface area contributed by atoms with Crippen molar-refractivity contribution in [2.24, 2.45) is 0 Å². The Kier molecular flexibility index (Phi) is 5.81. The minimum atomic E-state index is -1.12. The topological polar surface area (TPSA) is 69.6 Å². The maximum atomic E-state index is 13.7. The molecule has 158 valence electrons.